The van der Waals surface area contributed by atoms with Crippen molar-refractivity contribution in [1.29, 1.82) is 5.26 Å². The number of carbonyl (C=O) groups is 1. The molecule has 1 aromatic carbocycles. The third kappa shape index (κ3) is 8.39. The Balaban J connectivity index is 2.43. The first kappa shape index (κ1) is 19.8. The van der Waals surface area contributed by atoms with Crippen LogP contribution in [0.5, 0.6) is 5.75 Å². The smallest absolute Gasteiger partial charge is 0.407 e. The number of nitrogens with one attached hydrogen (secondary N) is 2. The molecule has 1 atom stereocenters. The molecule has 0 saturated heterocycles. The molecule has 24 heavy (non-hydrogen) atoms. The van der Waals surface area contributed by atoms with E-state index in [1.54, 1.807) is 0 Å². The number of rotatable bonds is 8. The maximum atomic E-state index is 11.7. The zero-order valence-corrected chi connectivity index (χ0v) is 14.9. The number of hydrogen-bond acceptors (Lipinski definition) is 5. The van der Waals surface area contributed by atoms with Gasteiger partial charge in [-0.3, -0.25) is 0 Å². The lowest BCUT2D eigenvalue weighted by Gasteiger charge is -2.22. The topological polar surface area (TPSA) is 83.4 Å². The summed E-state index contributed by atoms with van der Waals surface area (Å²) in [6.07, 6.45) is 0.468. The summed E-state index contributed by atoms with van der Waals surface area (Å²) >= 11 is 0. The van der Waals surface area contributed by atoms with E-state index in [0.29, 0.717) is 18.8 Å². The summed E-state index contributed by atoms with van der Waals surface area (Å²) < 4.78 is 10.5. The Morgan fingerprint density at radius 3 is 2.75 bits per heavy atom. The van der Waals surface area contributed by atoms with Gasteiger partial charge in [0.1, 0.15) is 17.4 Å². The number of alkyl carbamates (subject to hydrolysis) is 1. The van der Waals surface area contributed by atoms with Crippen molar-refractivity contribution in [1.82, 2.24) is 10.6 Å². The van der Waals surface area contributed by atoms with E-state index >= 15 is 0 Å². The van der Waals surface area contributed by atoms with Gasteiger partial charge in [0.15, 0.2) is 6.61 Å². The number of ether oxygens (including phenoxy) is 2. The Bertz CT molecular complexity index is 561. The zero-order valence-electron chi connectivity index (χ0n) is 14.9. The summed E-state index contributed by atoms with van der Waals surface area (Å²) in [6, 6.07) is 9.69. The van der Waals surface area contributed by atoms with Gasteiger partial charge >= 0.3 is 6.09 Å². The van der Waals surface area contributed by atoms with Gasteiger partial charge < -0.3 is 20.1 Å². The van der Waals surface area contributed by atoms with Crippen LogP contribution in [-0.4, -0.2) is 30.9 Å². The number of hydrogen-bond donors (Lipinski definition) is 2. The minimum atomic E-state index is -0.497. The van der Waals surface area contributed by atoms with Crippen molar-refractivity contribution in [3.8, 4) is 11.8 Å². The maximum absolute atomic E-state index is 11.7. The molecule has 1 aromatic rings. The van der Waals surface area contributed by atoms with Gasteiger partial charge in [0.2, 0.25) is 0 Å². The average molecular weight is 333 g/mol. The summed E-state index contributed by atoms with van der Waals surface area (Å²) in [5, 5.41) is 14.7. The van der Waals surface area contributed by atoms with E-state index in [0.717, 1.165) is 12.0 Å². The Morgan fingerprint density at radius 1 is 1.38 bits per heavy atom. The predicted octanol–water partition coefficient (Wildman–Crippen LogP) is 2.98. The highest BCUT2D eigenvalue weighted by Gasteiger charge is 2.16. The second-order valence-electron chi connectivity index (χ2n) is 6.46. The first-order valence-electron chi connectivity index (χ1n) is 8.13. The Kier molecular flexibility index (Phi) is 8.07. The molecule has 6 heteroatoms. The molecule has 0 radical (unpaired) electrons. The third-order valence-electron chi connectivity index (χ3n) is 3.18. The highest BCUT2D eigenvalue weighted by molar-refractivity contribution is 5.67. The molecule has 1 amide bonds. The van der Waals surface area contributed by atoms with Crippen molar-refractivity contribution in [2.24, 2.45) is 0 Å². The van der Waals surface area contributed by atoms with Gasteiger partial charge in [-0.1, -0.05) is 19.1 Å². The van der Waals surface area contributed by atoms with Crippen LogP contribution < -0.4 is 15.4 Å². The number of nitrogens with zero attached hydrogens (tertiary/aromatic N) is 1. The van der Waals surface area contributed by atoms with Crippen LogP contribution in [0.25, 0.3) is 0 Å². The lowest BCUT2D eigenvalue weighted by atomic mass is 10.1. The second-order valence-corrected chi connectivity index (χ2v) is 6.46. The molecule has 0 aromatic heterocycles. The first-order chi connectivity index (χ1) is 11.3. The zero-order chi connectivity index (χ0) is 18.0. The molecule has 0 fully saturated rings. The summed E-state index contributed by atoms with van der Waals surface area (Å²) in [5.41, 5.74) is 0.560. The van der Waals surface area contributed by atoms with Crippen LogP contribution in [0.3, 0.4) is 0 Å². The normalized spacial score (nSPS) is 12.1. The van der Waals surface area contributed by atoms with Crippen molar-refractivity contribution in [2.45, 2.75) is 52.3 Å². The van der Waals surface area contributed by atoms with Gasteiger partial charge in [-0.15, -0.1) is 0 Å². The fourth-order valence-corrected chi connectivity index (χ4v) is 2.00. The van der Waals surface area contributed by atoms with E-state index in [9.17, 15) is 4.79 Å². The van der Waals surface area contributed by atoms with Crippen molar-refractivity contribution in [3.05, 3.63) is 29.8 Å². The van der Waals surface area contributed by atoms with E-state index in [-0.39, 0.29) is 12.6 Å². The molecule has 0 aliphatic rings. The van der Waals surface area contributed by atoms with E-state index in [2.05, 4.69) is 17.6 Å². The van der Waals surface area contributed by atoms with Gasteiger partial charge in [-0.05, 0) is 44.9 Å². The summed E-state index contributed by atoms with van der Waals surface area (Å²) in [6.45, 7) is 8.75. The minimum Gasteiger partial charge on any atom is -0.479 e. The lowest BCUT2D eigenvalue weighted by Crippen LogP contribution is -2.42. The average Bonchev–Trinajstić information content (AvgIpc) is 2.52. The molecule has 0 aliphatic heterocycles. The van der Waals surface area contributed by atoms with E-state index in [1.807, 2.05) is 51.1 Å². The van der Waals surface area contributed by atoms with Crippen molar-refractivity contribution >= 4 is 6.09 Å². The predicted molar refractivity (Wildman–Crippen MR) is 92.7 cm³/mol. The number of nitriles is 1. The second kappa shape index (κ2) is 9.78. The molecular weight excluding hydrogens is 306 g/mol. The Labute approximate surface area is 144 Å². The molecule has 0 heterocycles. The fraction of sp³-hybridized carbons (Fsp3) is 0.556. The van der Waals surface area contributed by atoms with Gasteiger partial charge in [0, 0.05) is 19.1 Å². The maximum Gasteiger partial charge on any atom is 0.407 e. The molecule has 0 aliphatic carbocycles. The van der Waals surface area contributed by atoms with E-state index in [1.165, 1.54) is 0 Å². The molecule has 1 unspecified atom stereocenters. The van der Waals surface area contributed by atoms with E-state index < -0.39 is 11.7 Å². The summed E-state index contributed by atoms with van der Waals surface area (Å²) in [5.74, 6) is 0.677. The van der Waals surface area contributed by atoms with Crippen LogP contribution in [0, 0.1) is 11.3 Å². The van der Waals surface area contributed by atoms with Crippen LogP contribution in [-0.2, 0) is 11.3 Å². The van der Waals surface area contributed by atoms with Gasteiger partial charge in [0.25, 0.3) is 0 Å². The molecule has 0 saturated carbocycles. The lowest BCUT2D eigenvalue weighted by molar-refractivity contribution is 0.0522. The monoisotopic (exact) mass is 333 g/mol. The van der Waals surface area contributed by atoms with Gasteiger partial charge in [-0.2, -0.15) is 5.26 Å². The third-order valence-corrected chi connectivity index (χ3v) is 3.18. The molecule has 6 nitrogen and oxygen atoms in total. The summed E-state index contributed by atoms with van der Waals surface area (Å²) in [4.78, 5) is 11.7. The largest absolute Gasteiger partial charge is 0.479 e. The van der Waals surface area contributed by atoms with Crippen molar-refractivity contribution in [2.75, 3.05) is 13.2 Å². The first-order valence-corrected chi connectivity index (χ1v) is 8.13. The van der Waals surface area contributed by atoms with Crippen LogP contribution in [0.1, 0.15) is 39.7 Å². The minimum absolute atomic E-state index is 0.0360. The Morgan fingerprint density at radius 2 is 2.12 bits per heavy atom. The quantitative estimate of drug-likeness (QED) is 0.764. The standard InChI is InChI=1S/C18H27N3O3/c1-5-15(13-21-17(22)24-18(2,3)4)20-12-14-7-6-8-16(11-14)23-10-9-19/h6-8,11,15,20H,5,10,12-13H2,1-4H3,(H,21,22). The van der Waals surface area contributed by atoms with Crippen LogP contribution >= 0.6 is 0 Å². The molecule has 0 spiro atoms. The molecule has 1 rings (SSSR count). The van der Waals surface area contributed by atoms with Gasteiger partial charge in [-0.25, -0.2) is 4.79 Å². The molecule has 132 valence electrons. The van der Waals surface area contributed by atoms with Crippen molar-refractivity contribution in [3.63, 3.8) is 0 Å². The fourth-order valence-electron chi connectivity index (χ4n) is 2.00. The summed E-state index contributed by atoms with van der Waals surface area (Å²) in [7, 11) is 0. The number of carbonyl (C=O) groups excluding carboxylic acids is 1. The number of amides is 1. The van der Waals surface area contributed by atoms with Crippen LogP contribution in [0.15, 0.2) is 24.3 Å². The van der Waals surface area contributed by atoms with Crippen LogP contribution in [0.4, 0.5) is 4.79 Å². The SMILES string of the molecule is CCC(CNC(=O)OC(C)(C)C)NCc1cccc(OCC#N)c1. The highest BCUT2D eigenvalue weighted by Crippen LogP contribution is 2.13. The van der Waals surface area contributed by atoms with Crippen LogP contribution in [0.2, 0.25) is 0 Å². The molecule has 0 bridgehead atoms. The van der Waals surface area contributed by atoms with Crippen molar-refractivity contribution < 1.29 is 14.3 Å². The van der Waals surface area contributed by atoms with Gasteiger partial charge in [0.05, 0.1) is 0 Å². The number of benzene rings is 1. The molecular formula is C18H27N3O3. The van der Waals surface area contributed by atoms with E-state index in [4.69, 9.17) is 14.7 Å². The molecule has 2 N–H and O–H groups in total. The highest BCUT2D eigenvalue weighted by atomic mass is 16.6. The Hall–Kier alpha value is -2.26.